The highest BCUT2D eigenvalue weighted by Gasteiger charge is 2.39. The van der Waals surface area contributed by atoms with Gasteiger partial charge in [-0.25, -0.2) is 9.97 Å². The summed E-state index contributed by atoms with van der Waals surface area (Å²) in [6.07, 6.45) is 6.62. The third-order valence-corrected chi connectivity index (χ3v) is 6.10. The molecule has 1 aliphatic carbocycles. The highest BCUT2D eigenvalue weighted by molar-refractivity contribution is 7.16. The molecule has 0 unspecified atom stereocenters. The van der Waals surface area contributed by atoms with Crippen molar-refractivity contribution in [3.8, 4) is 0 Å². The summed E-state index contributed by atoms with van der Waals surface area (Å²) < 4.78 is 0. The number of hydrogen-bond acceptors (Lipinski definition) is 6. The highest BCUT2D eigenvalue weighted by Crippen LogP contribution is 2.30. The van der Waals surface area contributed by atoms with Crippen LogP contribution in [0.4, 0.5) is 5.82 Å². The van der Waals surface area contributed by atoms with Crippen LogP contribution < -0.4 is 10.6 Å². The summed E-state index contributed by atoms with van der Waals surface area (Å²) in [6.45, 7) is 3.02. The van der Waals surface area contributed by atoms with E-state index in [9.17, 15) is 4.79 Å². The SMILES string of the molecule is Cl.Cl.NC1(C(=O)N2CCN(c3ncnc4sccc34)CC2)CCCCC1. The van der Waals surface area contributed by atoms with Crippen LogP contribution in [0.15, 0.2) is 17.8 Å². The van der Waals surface area contributed by atoms with Crippen LogP contribution >= 0.6 is 36.2 Å². The minimum atomic E-state index is -0.629. The van der Waals surface area contributed by atoms with Crippen LogP contribution in [0.5, 0.6) is 0 Å². The van der Waals surface area contributed by atoms with Crippen molar-refractivity contribution in [2.24, 2.45) is 5.73 Å². The van der Waals surface area contributed by atoms with Crippen molar-refractivity contribution in [2.75, 3.05) is 31.1 Å². The van der Waals surface area contributed by atoms with Gasteiger partial charge in [0, 0.05) is 26.2 Å². The minimum Gasteiger partial charge on any atom is -0.352 e. The van der Waals surface area contributed by atoms with Gasteiger partial charge >= 0.3 is 0 Å². The van der Waals surface area contributed by atoms with E-state index in [1.807, 2.05) is 10.3 Å². The number of rotatable bonds is 2. The van der Waals surface area contributed by atoms with Gasteiger partial charge in [0.05, 0.1) is 10.9 Å². The van der Waals surface area contributed by atoms with Crippen molar-refractivity contribution in [3.05, 3.63) is 17.8 Å². The lowest BCUT2D eigenvalue weighted by Gasteiger charge is -2.41. The number of halogens is 2. The monoisotopic (exact) mass is 417 g/mol. The Labute approximate surface area is 170 Å². The predicted octanol–water partition coefficient (Wildman–Crippen LogP) is 2.85. The van der Waals surface area contributed by atoms with Crippen molar-refractivity contribution < 1.29 is 4.79 Å². The number of nitrogens with zero attached hydrogens (tertiary/aromatic N) is 4. The second kappa shape index (κ2) is 8.69. The number of piperazine rings is 1. The molecule has 0 spiro atoms. The van der Waals surface area contributed by atoms with Gasteiger partial charge in [0.2, 0.25) is 5.91 Å². The second-order valence-electron chi connectivity index (χ2n) is 6.83. The first-order valence-corrected chi connectivity index (χ1v) is 9.57. The number of anilines is 1. The number of aromatic nitrogens is 2. The van der Waals surface area contributed by atoms with Gasteiger partial charge in [-0.1, -0.05) is 19.3 Å². The zero-order valence-corrected chi connectivity index (χ0v) is 17.0. The molecule has 0 aromatic carbocycles. The number of fused-ring (bicyclic) bond motifs is 1. The lowest BCUT2D eigenvalue weighted by atomic mass is 9.81. The molecule has 6 nitrogen and oxygen atoms in total. The molecule has 0 bridgehead atoms. The standard InChI is InChI=1S/C17H23N5OS.2ClH/c18-17(5-2-1-3-6-17)16(23)22-9-7-21(8-10-22)14-13-4-11-24-15(13)20-12-19-14;;/h4,11-12H,1-3,5-10,18H2;2*1H. The topological polar surface area (TPSA) is 75.4 Å². The number of nitrogens with two attached hydrogens (primary N) is 1. The third-order valence-electron chi connectivity index (χ3n) is 5.28. The van der Waals surface area contributed by atoms with Gasteiger partial charge in [-0.15, -0.1) is 36.2 Å². The van der Waals surface area contributed by atoms with Crippen molar-refractivity contribution >= 4 is 58.1 Å². The van der Waals surface area contributed by atoms with Gasteiger partial charge in [0.15, 0.2) is 0 Å². The molecule has 2 aromatic heterocycles. The number of thiophene rings is 1. The van der Waals surface area contributed by atoms with Crippen molar-refractivity contribution in [2.45, 2.75) is 37.6 Å². The number of carbonyl (C=O) groups excluding carboxylic acids is 1. The largest absolute Gasteiger partial charge is 0.352 e. The molecule has 1 saturated carbocycles. The molecule has 4 rings (SSSR count). The first-order chi connectivity index (χ1) is 11.7. The van der Waals surface area contributed by atoms with Gasteiger partial charge < -0.3 is 15.5 Å². The van der Waals surface area contributed by atoms with Gasteiger partial charge in [0.25, 0.3) is 0 Å². The first-order valence-electron chi connectivity index (χ1n) is 8.69. The molecule has 1 saturated heterocycles. The molecular formula is C17H25Cl2N5OS. The second-order valence-corrected chi connectivity index (χ2v) is 7.73. The summed E-state index contributed by atoms with van der Waals surface area (Å²) in [6, 6.07) is 2.07. The third kappa shape index (κ3) is 3.91. The van der Waals surface area contributed by atoms with Crippen molar-refractivity contribution in [1.29, 1.82) is 0 Å². The van der Waals surface area contributed by atoms with E-state index in [1.54, 1.807) is 17.7 Å². The predicted molar refractivity (Wildman–Crippen MR) is 111 cm³/mol. The lowest BCUT2D eigenvalue weighted by Crippen LogP contribution is -2.60. The smallest absolute Gasteiger partial charge is 0.242 e. The summed E-state index contributed by atoms with van der Waals surface area (Å²) in [5, 5.41) is 3.15. The van der Waals surface area contributed by atoms with Crippen molar-refractivity contribution in [1.82, 2.24) is 14.9 Å². The first kappa shape index (κ1) is 21.2. The number of hydrogen-bond donors (Lipinski definition) is 1. The normalized spacial score (nSPS) is 19.6. The van der Waals surface area contributed by atoms with Crippen molar-refractivity contribution in [3.63, 3.8) is 0 Å². The van der Waals surface area contributed by atoms with E-state index in [1.165, 1.54) is 6.42 Å². The van der Waals surface area contributed by atoms with Crippen LogP contribution in [0.2, 0.25) is 0 Å². The van der Waals surface area contributed by atoms with E-state index in [0.29, 0.717) is 13.1 Å². The minimum absolute atomic E-state index is 0. The molecule has 144 valence electrons. The average Bonchev–Trinajstić information content (AvgIpc) is 3.11. The van der Waals surface area contributed by atoms with Crippen LogP contribution in [-0.2, 0) is 4.79 Å². The van der Waals surface area contributed by atoms with Crippen LogP contribution in [0.3, 0.4) is 0 Å². The van der Waals surface area contributed by atoms with Crippen LogP contribution in [0.25, 0.3) is 10.2 Å². The fourth-order valence-corrected chi connectivity index (χ4v) is 4.59. The van der Waals surface area contributed by atoms with Gasteiger partial charge in [-0.2, -0.15) is 0 Å². The summed E-state index contributed by atoms with van der Waals surface area (Å²) in [5.74, 6) is 1.12. The number of carbonyl (C=O) groups is 1. The Morgan fingerprint density at radius 2 is 1.77 bits per heavy atom. The molecule has 0 atom stereocenters. The Balaban J connectivity index is 0.00000121. The quantitative estimate of drug-likeness (QED) is 0.812. The fraction of sp³-hybridized carbons (Fsp3) is 0.588. The average molecular weight is 418 g/mol. The Kier molecular flexibility index (Phi) is 7.07. The molecule has 3 heterocycles. The van der Waals surface area contributed by atoms with E-state index in [-0.39, 0.29) is 30.7 Å². The van der Waals surface area contributed by atoms with E-state index >= 15 is 0 Å². The Morgan fingerprint density at radius 3 is 2.46 bits per heavy atom. The maximum absolute atomic E-state index is 12.8. The molecule has 2 N–H and O–H groups in total. The molecule has 9 heteroatoms. The van der Waals surface area contributed by atoms with Gasteiger partial charge in [-0.05, 0) is 24.3 Å². The Hall–Kier alpha value is -1.15. The lowest BCUT2D eigenvalue weighted by molar-refractivity contribution is -0.138. The molecule has 1 aliphatic heterocycles. The Bertz CT molecular complexity index is 742. The number of amides is 1. The zero-order chi connectivity index (χ0) is 16.6. The molecule has 26 heavy (non-hydrogen) atoms. The maximum atomic E-state index is 12.8. The fourth-order valence-electron chi connectivity index (χ4n) is 3.86. The summed E-state index contributed by atoms with van der Waals surface area (Å²) in [5.41, 5.74) is 5.79. The van der Waals surface area contributed by atoms with Crippen LogP contribution in [-0.4, -0.2) is 52.5 Å². The molecule has 2 aromatic rings. The van der Waals surface area contributed by atoms with E-state index < -0.39 is 5.54 Å². The highest BCUT2D eigenvalue weighted by atomic mass is 35.5. The summed E-state index contributed by atoms with van der Waals surface area (Å²) in [4.78, 5) is 26.8. The molecular weight excluding hydrogens is 393 g/mol. The summed E-state index contributed by atoms with van der Waals surface area (Å²) in [7, 11) is 0. The van der Waals surface area contributed by atoms with Crippen LogP contribution in [0.1, 0.15) is 32.1 Å². The van der Waals surface area contributed by atoms with E-state index in [0.717, 1.165) is 54.8 Å². The van der Waals surface area contributed by atoms with Gasteiger partial charge in [-0.3, -0.25) is 4.79 Å². The van der Waals surface area contributed by atoms with Gasteiger partial charge in [0.1, 0.15) is 17.0 Å². The van der Waals surface area contributed by atoms with Crippen LogP contribution in [0, 0.1) is 0 Å². The molecule has 2 fully saturated rings. The summed E-state index contributed by atoms with van der Waals surface area (Å²) >= 11 is 1.63. The van der Waals surface area contributed by atoms with E-state index in [4.69, 9.17) is 5.73 Å². The molecule has 0 radical (unpaired) electrons. The maximum Gasteiger partial charge on any atom is 0.242 e. The zero-order valence-electron chi connectivity index (χ0n) is 14.6. The van der Waals surface area contributed by atoms with E-state index in [2.05, 4.69) is 20.9 Å². The molecule has 2 aliphatic rings. The molecule has 1 amide bonds. The Morgan fingerprint density at radius 1 is 1.08 bits per heavy atom.